The summed E-state index contributed by atoms with van der Waals surface area (Å²) in [5.74, 6) is 2.39. The van der Waals surface area contributed by atoms with Crippen molar-refractivity contribution in [2.75, 3.05) is 5.73 Å². The van der Waals surface area contributed by atoms with Gasteiger partial charge in [0.1, 0.15) is 5.52 Å². The van der Waals surface area contributed by atoms with Gasteiger partial charge in [0.25, 0.3) is 0 Å². The fourth-order valence-electron chi connectivity index (χ4n) is 4.48. The molecule has 2 aliphatic carbocycles. The molecule has 0 aliphatic heterocycles. The van der Waals surface area contributed by atoms with E-state index in [0.29, 0.717) is 12.0 Å². The molecule has 0 radical (unpaired) electrons. The number of anilines is 1. The van der Waals surface area contributed by atoms with E-state index in [9.17, 15) is 0 Å². The maximum Gasteiger partial charge on any atom is 0.202 e. The predicted molar refractivity (Wildman–Crippen MR) is 79.4 cm³/mol. The van der Waals surface area contributed by atoms with E-state index in [1.807, 2.05) is 11.7 Å². The fourth-order valence-corrected chi connectivity index (χ4v) is 4.48. The van der Waals surface area contributed by atoms with Crippen LogP contribution in [0.4, 0.5) is 5.95 Å². The Morgan fingerprint density at radius 2 is 2.15 bits per heavy atom. The van der Waals surface area contributed by atoms with Crippen molar-refractivity contribution >= 4 is 17.1 Å². The molecule has 0 spiro atoms. The lowest BCUT2D eigenvalue weighted by Crippen LogP contribution is -2.19. The van der Waals surface area contributed by atoms with Crippen LogP contribution >= 0.6 is 0 Å². The first-order chi connectivity index (χ1) is 9.69. The number of hydrogen-bond acceptors (Lipinski definition) is 3. The Kier molecular flexibility index (Phi) is 2.59. The van der Waals surface area contributed by atoms with E-state index < -0.39 is 0 Å². The SMILES string of the molecule is CCCc1nn(C)c2c1nc(N)n2C1CC2CCC1C2. The first-order valence-corrected chi connectivity index (χ1v) is 7.88. The number of nitrogen functional groups attached to an aromatic ring is 1. The van der Waals surface area contributed by atoms with Crippen molar-refractivity contribution in [1.29, 1.82) is 0 Å². The smallest absolute Gasteiger partial charge is 0.202 e. The van der Waals surface area contributed by atoms with Gasteiger partial charge in [-0.2, -0.15) is 5.10 Å². The van der Waals surface area contributed by atoms with Gasteiger partial charge in [-0.15, -0.1) is 0 Å². The van der Waals surface area contributed by atoms with Crippen molar-refractivity contribution in [3.63, 3.8) is 0 Å². The highest BCUT2D eigenvalue weighted by Crippen LogP contribution is 2.52. The standard InChI is InChI=1S/C15H23N5/c1-3-4-11-13-14(19(2)18-11)20(15(16)17-13)12-8-9-5-6-10(12)7-9/h9-10,12H,3-8H2,1-2H3,(H2,16,17). The number of rotatable bonds is 3. The minimum Gasteiger partial charge on any atom is -0.369 e. The highest BCUT2D eigenvalue weighted by molar-refractivity contribution is 5.78. The van der Waals surface area contributed by atoms with Gasteiger partial charge in [0.05, 0.1) is 5.69 Å². The molecule has 0 saturated heterocycles. The Bertz CT molecular complexity index is 653. The molecule has 2 aromatic heterocycles. The highest BCUT2D eigenvalue weighted by Gasteiger charge is 2.42. The largest absolute Gasteiger partial charge is 0.369 e. The zero-order valence-electron chi connectivity index (χ0n) is 12.3. The Labute approximate surface area is 119 Å². The van der Waals surface area contributed by atoms with E-state index in [0.717, 1.165) is 41.5 Å². The van der Waals surface area contributed by atoms with E-state index >= 15 is 0 Å². The second-order valence-electron chi connectivity index (χ2n) is 6.57. The maximum atomic E-state index is 6.25. The summed E-state index contributed by atoms with van der Waals surface area (Å²) >= 11 is 0. The second-order valence-corrected chi connectivity index (χ2v) is 6.57. The third-order valence-corrected chi connectivity index (χ3v) is 5.28. The summed E-state index contributed by atoms with van der Waals surface area (Å²) in [6.45, 7) is 2.18. The molecule has 108 valence electrons. The molecule has 3 atom stereocenters. The van der Waals surface area contributed by atoms with Crippen LogP contribution in [-0.2, 0) is 13.5 Å². The zero-order chi connectivity index (χ0) is 13.9. The summed E-state index contributed by atoms with van der Waals surface area (Å²) in [5.41, 5.74) is 9.50. The van der Waals surface area contributed by atoms with Crippen LogP contribution in [0.5, 0.6) is 0 Å². The molecular formula is C15H23N5. The van der Waals surface area contributed by atoms with Crippen molar-refractivity contribution in [2.24, 2.45) is 18.9 Å². The number of imidazole rings is 1. The molecular weight excluding hydrogens is 250 g/mol. The van der Waals surface area contributed by atoms with Gasteiger partial charge in [-0.3, -0.25) is 9.25 Å². The molecule has 2 bridgehead atoms. The molecule has 2 heterocycles. The molecule has 2 saturated carbocycles. The van der Waals surface area contributed by atoms with Gasteiger partial charge in [-0.05, 0) is 37.5 Å². The van der Waals surface area contributed by atoms with Crippen molar-refractivity contribution in [1.82, 2.24) is 19.3 Å². The van der Waals surface area contributed by atoms with E-state index in [4.69, 9.17) is 5.73 Å². The normalized spacial score (nSPS) is 28.8. The third-order valence-electron chi connectivity index (χ3n) is 5.28. The Hall–Kier alpha value is -1.52. The van der Waals surface area contributed by atoms with Crippen LogP contribution in [0.25, 0.3) is 11.2 Å². The molecule has 0 aromatic carbocycles. The van der Waals surface area contributed by atoms with E-state index in [1.54, 1.807) is 0 Å². The second kappa shape index (κ2) is 4.24. The first kappa shape index (κ1) is 12.2. The van der Waals surface area contributed by atoms with Crippen LogP contribution in [-0.4, -0.2) is 19.3 Å². The Balaban J connectivity index is 1.85. The van der Waals surface area contributed by atoms with Crippen LogP contribution in [0.15, 0.2) is 0 Å². The lowest BCUT2D eigenvalue weighted by Gasteiger charge is -2.24. The third kappa shape index (κ3) is 1.55. The summed E-state index contributed by atoms with van der Waals surface area (Å²) in [6.07, 6.45) is 7.48. The summed E-state index contributed by atoms with van der Waals surface area (Å²) in [7, 11) is 2.02. The van der Waals surface area contributed by atoms with E-state index in [-0.39, 0.29) is 0 Å². The molecule has 5 heteroatoms. The summed E-state index contributed by atoms with van der Waals surface area (Å²) < 4.78 is 4.26. The Morgan fingerprint density at radius 1 is 1.30 bits per heavy atom. The molecule has 20 heavy (non-hydrogen) atoms. The summed E-state index contributed by atoms with van der Waals surface area (Å²) in [4.78, 5) is 4.64. The lowest BCUT2D eigenvalue weighted by atomic mass is 9.95. The molecule has 5 nitrogen and oxygen atoms in total. The van der Waals surface area contributed by atoms with Crippen molar-refractivity contribution in [2.45, 2.75) is 51.5 Å². The summed E-state index contributed by atoms with van der Waals surface area (Å²) in [6, 6.07) is 0.545. The first-order valence-electron chi connectivity index (χ1n) is 7.88. The molecule has 2 N–H and O–H groups in total. The van der Waals surface area contributed by atoms with Gasteiger partial charge >= 0.3 is 0 Å². The number of aromatic nitrogens is 4. The molecule has 0 amide bonds. The highest BCUT2D eigenvalue weighted by atomic mass is 15.4. The van der Waals surface area contributed by atoms with Crippen LogP contribution < -0.4 is 5.73 Å². The average Bonchev–Trinajstić information content (AvgIpc) is 3.13. The number of nitrogens with two attached hydrogens (primary N) is 1. The van der Waals surface area contributed by atoms with Crippen LogP contribution in [0.1, 0.15) is 50.8 Å². The van der Waals surface area contributed by atoms with Gasteiger partial charge < -0.3 is 5.73 Å². The van der Waals surface area contributed by atoms with Crippen molar-refractivity contribution in [3.05, 3.63) is 5.69 Å². The fraction of sp³-hybridized carbons (Fsp3) is 0.733. The van der Waals surface area contributed by atoms with Crippen LogP contribution in [0.2, 0.25) is 0 Å². The molecule has 2 fully saturated rings. The van der Waals surface area contributed by atoms with Crippen molar-refractivity contribution in [3.8, 4) is 0 Å². The van der Waals surface area contributed by atoms with E-state index in [2.05, 4.69) is 21.6 Å². The molecule has 4 rings (SSSR count). The summed E-state index contributed by atoms with van der Waals surface area (Å²) in [5, 5.41) is 4.65. The maximum absolute atomic E-state index is 6.25. The number of hydrogen-bond donors (Lipinski definition) is 1. The van der Waals surface area contributed by atoms with Gasteiger partial charge in [-0.25, -0.2) is 4.98 Å². The quantitative estimate of drug-likeness (QED) is 0.935. The minimum absolute atomic E-state index is 0.545. The van der Waals surface area contributed by atoms with Crippen molar-refractivity contribution < 1.29 is 0 Å². The van der Waals surface area contributed by atoms with Crippen LogP contribution in [0, 0.1) is 11.8 Å². The molecule has 3 unspecified atom stereocenters. The average molecular weight is 273 g/mol. The Morgan fingerprint density at radius 3 is 2.80 bits per heavy atom. The monoisotopic (exact) mass is 273 g/mol. The topological polar surface area (TPSA) is 61.7 Å². The van der Waals surface area contributed by atoms with Gasteiger partial charge in [-0.1, -0.05) is 19.8 Å². The van der Waals surface area contributed by atoms with Gasteiger partial charge in [0, 0.05) is 13.1 Å². The lowest BCUT2D eigenvalue weighted by molar-refractivity contribution is 0.336. The molecule has 2 aromatic rings. The number of fused-ring (bicyclic) bond motifs is 3. The number of nitrogens with zero attached hydrogens (tertiary/aromatic N) is 4. The zero-order valence-corrected chi connectivity index (χ0v) is 12.3. The van der Waals surface area contributed by atoms with E-state index in [1.165, 1.54) is 25.7 Å². The van der Waals surface area contributed by atoms with Crippen LogP contribution in [0.3, 0.4) is 0 Å². The number of aryl methyl sites for hydroxylation is 2. The minimum atomic E-state index is 0.545. The van der Waals surface area contributed by atoms with Gasteiger partial charge in [0.15, 0.2) is 5.65 Å². The predicted octanol–water partition coefficient (Wildman–Crippen LogP) is 2.67. The van der Waals surface area contributed by atoms with Gasteiger partial charge in [0.2, 0.25) is 5.95 Å². The molecule has 2 aliphatic rings.